The van der Waals surface area contributed by atoms with E-state index in [1.165, 1.54) is 0 Å². The molecule has 1 N–H and O–H groups in total. The molecule has 0 unspecified atom stereocenters. The highest BCUT2D eigenvalue weighted by Crippen LogP contribution is 2.30. The Hall–Kier alpha value is -2.83. The van der Waals surface area contributed by atoms with Crippen LogP contribution in [0.3, 0.4) is 0 Å². The molecule has 26 heavy (non-hydrogen) atoms. The molecule has 0 bridgehead atoms. The van der Waals surface area contributed by atoms with E-state index in [1.807, 2.05) is 6.07 Å². The Bertz CT molecular complexity index is 756. The van der Waals surface area contributed by atoms with E-state index in [1.54, 1.807) is 38.5 Å². The van der Waals surface area contributed by atoms with E-state index in [0.717, 1.165) is 37.7 Å². The van der Waals surface area contributed by atoms with Crippen LogP contribution in [0.25, 0.3) is 0 Å². The summed E-state index contributed by atoms with van der Waals surface area (Å²) in [6, 6.07) is 8.74. The average molecular weight is 356 g/mol. The van der Waals surface area contributed by atoms with Crippen LogP contribution in [0.15, 0.2) is 30.3 Å². The highest BCUT2D eigenvalue weighted by molar-refractivity contribution is 6.02. The summed E-state index contributed by atoms with van der Waals surface area (Å²) in [7, 11) is 3.12. The number of amides is 1. The number of piperidine rings is 1. The number of aromatic nitrogens is 2. The van der Waals surface area contributed by atoms with Crippen LogP contribution in [0.1, 0.15) is 30.3 Å². The van der Waals surface area contributed by atoms with Gasteiger partial charge in [-0.3, -0.25) is 4.79 Å². The van der Waals surface area contributed by atoms with E-state index in [9.17, 15) is 4.79 Å². The van der Waals surface area contributed by atoms with Crippen LogP contribution in [0.2, 0.25) is 0 Å². The molecule has 1 saturated heterocycles. The topological polar surface area (TPSA) is 76.6 Å². The first-order valence-corrected chi connectivity index (χ1v) is 8.72. The van der Waals surface area contributed by atoms with Gasteiger partial charge in [-0.15, -0.1) is 10.2 Å². The first-order chi connectivity index (χ1) is 12.6. The van der Waals surface area contributed by atoms with Gasteiger partial charge in [0.1, 0.15) is 0 Å². The number of rotatable bonds is 5. The van der Waals surface area contributed by atoms with E-state index in [4.69, 9.17) is 9.47 Å². The van der Waals surface area contributed by atoms with Crippen LogP contribution in [0, 0.1) is 5.92 Å². The minimum atomic E-state index is -0.316. The van der Waals surface area contributed by atoms with Crippen LogP contribution in [-0.2, 0) is 0 Å². The van der Waals surface area contributed by atoms with Gasteiger partial charge >= 0.3 is 0 Å². The zero-order valence-corrected chi connectivity index (χ0v) is 15.4. The second-order valence-electron chi connectivity index (χ2n) is 6.47. The van der Waals surface area contributed by atoms with Crippen molar-refractivity contribution in [3.8, 4) is 11.5 Å². The quantitative estimate of drug-likeness (QED) is 0.887. The molecule has 0 saturated carbocycles. The maximum atomic E-state index is 12.4. The first kappa shape index (κ1) is 18.0. The monoisotopic (exact) mass is 356 g/mol. The summed E-state index contributed by atoms with van der Waals surface area (Å²) >= 11 is 0. The molecular weight excluding hydrogens is 332 g/mol. The van der Waals surface area contributed by atoms with Gasteiger partial charge in [-0.1, -0.05) is 6.92 Å². The van der Waals surface area contributed by atoms with Gasteiger partial charge in [0.15, 0.2) is 23.0 Å². The fraction of sp³-hybridized carbons (Fsp3) is 0.421. The van der Waals surface area contributed by atoms with Crippen molar-refractivity contribution in [3.05, 3.63) is 36.0 Å². The summed E-state index contributed by atoms with van der Waals surface area (Å²) in [6.45, 7) is 4.23. The van der Waals surface area contributed by atoms with Crippen LogP contribution in [-0.4, -0.2) is 43.4 Å². The van der Waals surface area contributed by atoms with E-state index < -0.39 is 0 Å². The second kappa shape index (κ2) is 8.03. The summed E-state index contributed by atoms with van der Waals surface area (Å²) in [4.78, 5) is 14.6. The van der Waals surface area contributed by atoms with Crippen molar-refractivity contribution in [1.29, 1.82) is 0 Å². The largest absolute Gasteiger partial charge is 0.493 e. The molecule has 1 aromatic carbocycles. The first-order valence-electron chi connectivity index (χ1n) is 8.72. The molecular formula is C19H24N4O3. The fourth-order valence-electron chi connectivity index (χ4n) is 2.96. The molecule has 1 aromatic heterocycles. The third kappa shape index (κ3) is 4.04. The Balaban J connectivity index is 1.66. The van der Waals surface area contributed by atoms with Crippen molar-refractivity contribution in [1.82, 2.24) is 10.2 Å². The zero-order chi connectivity index (χ0) is 18.5. The zero-order valence-electron chi connectivity index (χ0n) is 15.4. The van der Waals surface area contributed by atoms with Gasteiger partial charge in [0.25, 0.3) is 5.91 Å². The molecule has 3 rings (SSSR count). The van der Waals surface area contributed by atoms with Crippen molar-refractivity contribution in [2.75, 3.05) is 37.5 Å². The Labute approximate surface area is 153 Å². The summed E-state index contributed by atoms with van der Waals surface area (Å²) in [6.07, 6.45) is 2.31. The molecule has 2 heterocycles. The molecule has 1 fully saturated rings. The minimum absolute atomic E-state index is 0.272. The summed E-state index contributed by atoms with van der Waals surface area (Å²) < 4.78 is 10.4. The number of carbonyl (C=O) groups is 1. The van der Waals surface area contributed by atoms with E-state index in [-0.39, 0.29) is 11.6 Å². The number of methoxy groups -OCH3 is 2. The number of hydrogen-bond donors (Lipinski definition) is 1. The van der Waals surface area contributed by atoms with Crippen LogP contribution in [0.4, 0.5) is 11.5 Å². The van der Waals surface area contributed by atoms with Crippen molar-refractivity contribution in [2.24, 2.45) is 5.92 Å². The Morgan fingerprint density at radius 3 is 2.42 bits per heavy atom. The fourth-order valence-corrected chi connectivity index (χ4v) is 2.96. The number of nitrogens with one attached hydrogen (secondary N) is 1. The molecule has 0 radical (unpaired) electrons. The molecule has 0 atom stereocenters. The van der Waals surface area contributed by atoms with Crippen molar-refractivity contribution in [2.45, 2.75) is 19.8 Å². The molecule has 138 valence electrons. The van der Waals surface area contributed by atoms with Gasteiger partial charge in [0.2, 0.25) is 0 Å². The van der Waals surface area contributed by atoms with Crippen LogP contribution >= 0.6 is 0 Å². The third-order valence-electron chi connectivity index (χ3n) is 4.63. The summed E-state index contributed by atoms with van der Waals surface area (Å²) in [5.74, 6) is 2.41. The van der Waals surface area contributed by atoms with Crippen molar-refractivity contribution in [3.63, 3.8) is 0 Å². The van der Waals surface area contributed by atoms with Crippen LogP contribution < -0.4 is 19.7 Å². The van der Waals surface area contributed by atoms with Gasteiger partial charge in [-0.05, 0) is 43.0 Å². The van der Waals surface area contributed by atoms with E-state index in [2.05, 4.69) is 27.3 Å². The molecule has 1 amide bonds. The standard InChI is InChI=1S/C19H24N4O3/c1-13-8-10-23(11-9-13)18-7-5-15(21-22-18)19(24)20-14-4-6-16(25-2)17(12-14)26-3/h4-7,12-13H,8-11H2,1-3H3,(H,20,24). The lowest BCUT2D eigenvalue weighted by Gasteiger charge is -2.30. The molecule has 1 aliphatic heterocycles. The summed E-state index contributed by atoms with van der Waals surface area (Å²) in [5.41, 5.74) is 0.873. The van der Waals surface area contributed by atoms with Crippen LogP contribution in [0.5, 0.6) is 11.5 Å². The number of nitrogens with zero attached hydrogens (tertiary/aromatic N) is 3. The number of ether oxygens (including phenoxy) is 2. The van der Waals surface area contributed by atoms with Gasteiger partial charge < -0.3 is 19.7 Å². The molecule has 0 spiro atoms. The molecule has 7 nitrogen and oxygen atoms in total. The number of benzene rings is 1. The molecule has 0 aliphatic carbocycles. The maximum absolute atomic E-state index is 12.4. The van der Waals surface area contributed by atoms with Gasteiger partial charge in [0.05, 0.1) is 14.2 Å². The molecule has 1 aliphatic rings. The second-order valence-corrected chi connectivity index (χ2v) is 6.47. The highest BCUT2D eigenvalue weighted by Gasteiger charge is 2.18. The average Bonchev–Trinajstić information content (AvgIpc) is 2.68. The maximum Gasteiger partial charge on any atom is 0.276 e. The predicted octanol–water partition coefficient (Wildman–Crippen LogP) is 2.98. The lowest BCUT2D eigenvalue weighted by Crippen LogP contribution is -2.33. The number of hydrogen-bond acceptors (Lipinski definition) is 6. The lowest BCUT2D eigenvalue weighted by molar-refractivity contribution is 0.102. The number of carbonyl (C=O) groups excluding carboxylic acids is 1. The minimum Gasteiger partial charge on any atom is -0.493 e. The molecule has 7 heteroatoms. The van der Waals surface area contributed by atoms with Gasteiger partial charge in [0, 0.05) is 24.8 Å². The Morgan fingerprint density at radius 1 is 1.08 bits per heavy atom. The third-order valence-corrected chi connectivity index (χ3v) is 4.63. The Kier molecular flexibility index (Phi) is 5.55. The SMILES string of the molecule is COc1ccc(NC(=O)c2ccc(N3CCC(C)CC3)nn2)cc1OC. The van der Waals surface area contributed by atoms with Gasteiger partial charge in [-0.25, -0.2) is 0 Å². The predicted molar refractivity (Wildman–Crippen MR) is 100 cm³/mol. The van der Waals surface area contributed by atoms with Crippen molar-refractivity contribution >= 4 is 17.4 Å². The highest BCUT2D eigenvalue weighted by atomic mass is 16.5. The van der Waals surface area contributed by atoms with E-state index >= 15 is 0 Å². The smallest absolute Gasteiger partial charge is 0.276 e. The number of anilines is 2. The van der Waals surface area contributed by atoms with Gasteiger partial charge in [-0.2, -0.15) is 0 Å². The normalized spacial score (nSPS) is 14.8. The Morgan fingerprint density at radius 2 is 1.81 bits per heavy atom. The summed E-state index contributed by atoms with van der Waals surface area (Å²) in [5, 5.41) is 11.1. The lowest BCUT2D eigenvalue weighted by atomic mass is 9.99. The molecule has 2 aromatic rings. The van der Waals surface area contributed by atoms with E-state index in [0.29, 0.717) is 17.2 Å². The van der Waals surface area contributed by atoms with Crippen molar-refractivity contribution < 1.29 is 14.3 Å².